The van der Waals surface area contributed by atoms with Crippen LogP contribution < -0.4 is 5.32 Å². The van der Waals surface area contributed by atoms with Gasteiger partial charge in [0.1, 0.15) is 0 Å². The maximum atomic E-state index is 4.10. The number of nitrogens with one attached hydrogen (secondary N) is 1. The van der Waals surface area contributed by atoms with Crippen molar-refractivity contribution in [2.24, 2.45) is 18.9 Å². The molecule has 4 heteroatoms. The van der Waals surface area contributed by atoms with Gasteiger partial charge in [-0.2, -0.15) is 0 Å². The second kappa shape index (κ2) is 3.59. The summed E-state index contributed by atoms with van der Waals surface area (Å²) in [6, 6.07) is 0.756. The van der Waals surface area contributed by atoms with Crippen LogP contribution in [0.2, 0.25) is 0 Å². The third-order valence-electron chi connectivity index (χ3n) is 3.43. The number of hydrogen-bond acceptors (Lipinski definition) is 3. The van der Waals surface area contributed by atoms with Gasteiger partial charge in [0, 0.05) is 25.8 Å². The fourth-order valence-electron chi connectivity index (χ4n) is 2.33. The highest BCUT2D eigenvalue weighted by Crippen LogP contribution is 2.44. The SMILES string of the molecule is Cn1cc(CNC(C2CC2)C2CC2)nn1. The molecule has 0 radical (unpaired) electrons. The summed E-state index contributed by atoms with van der Waals surface area (Å²) in [4.78, 5) is 0. The van der Waals surface area contributed by atoms with Gasteiger partial charge >= 0.3 is 0 Å². The summed E-state index contributed by atoms with van der Waals surface area (Å²) in [6.45, 7) is 0.880. The molecule has 0 aliphatic heterocycles. The van der Waals surface area contributed by atoms with Crippen LogP contribution in [-0.2, 0) is 13.6 Å². The quantitative estimate of drug-likeness (QED) is 0.784. The molecule has 0 aromatic carbocycles. The Balaban J connectivity index is 1.55. The maximum Gasteiger partial charge on any atom is 0.0964 e. The Kier molecular flexibility index (Phi) is 2.24. The minimum absolute atomic E-state index is 0.756. The van der Waals surface area contributed by atoms with Crippen molar-refractivity contribution in [2.45, 2.75) is 38.3 Å². The molecule has 82 valence electrons. The third-order valence-corrected chi connectivity index (χ3v) is 3.43. The first-order chi connectivity index (χ1) is 7.33. The molecule has 1 aromatic heterocycles. The fourth-order valence-corrected chi connectivity index (χ4v) is 2.33. The second-order valence-corrected chi connectivity index (χ2v) is 4.97. The van der Waals surface area contributed by atoms with Crippen LogP contribution in [-0.4, -0.2) is 21.0 Å². The molecule has 3 rings (SSSR count). The van der Waals surface area contributed by atoms with E-state index < -0.39 is 0 Å². The molecule has 1 heterocycles. The summed E-state index contributed by atoms with van der Waals surface area (Å²) in [5.41, 5.74) is 1.06. The summed E-state index contributed by atoms with van der Waals surface area (Å²) in [7, 11) is 1.91. The van der Waals surface area contributed by atoms with Gasteiger partial charge in [-0.05, 0) is 37.5 Å². The van der Waals surface area contributed by atoms with Crippen molar-refractivity contribution in [2.75, 3.05) is 0 Å². The topological polar surface area (TPSA) is 42.7 Å². The van der Waals surface area contributed by atoms with Gasteiger partial charge in [-0.1, -0.05) is 5.21 Å². The smallest absolute Gasteiger partial charge is 0.0964 e. The highest BCUT2D eigenvalue weighted by atomic mass is 15.4. The average molecular weight is 206 g/mol. The van der Waals surface area contributed by atoms with Crippen molar-refractivity contribution < 1.29 is 0 Å². The van der Waals surface area contributed by atoms with Gasteiger partial charge in [0.25, 0.3) is 0 Å². The number of aryl methyl sites for hydroxylation is 1. The Hall–Kier alpha value is -0.900. The first-order valence-corrected chi connectivity index (χ1v) is 5.91. The zero-order chi connectivity index (χ0) is 10.3. The fraction of sp³-hybridized carbons (Fsp3) is 0.818. The van der Waals surface area contributed by atoms with E-state index in [2.05, 4.69) is 15.6 Å². The minimum atomic E-state index is 0.756. The predicted molar refractivity (Wildman–Crippen MR) is 57.1 cm³/mol. The van der Waals surface area contributed by atoms with Crippen LogP contribution in [0, 0.1) is 11.8 Å². The normalized spacial score (nSPS) is 21.2. The van der Waals surface area contributed by atoms with Gasteiger partial charge in [-0.15, -0.1) is 5.10 Å². The number of aromatic nitrogens is 3. The monoisotopic (exact) mass is 206 g/mol. The van der Waals surface area contributed by atoms with Crippen molar-refractivity contribution in [1.82, 2.24) is 20.3 Å². The van der Waals surface area contributed by atoms with E-state index in [9.17, 15) is 0 Å². The van der Waals surface area contributed by atoms with Crippen LogP contribution in [0.3, 0.4) is 0 Å². The van der Waals surface area contributed by atoms with E-state index in [0.717, 1.165) is 30.1 Å². The van der Waals surface area contributed by atoms with Gasteiger partial charge < -0.3 is 5.32 Å². The summed E-state index contributed by atoms with van der Waals surface area (Å²) in [6.07, 6.45) is 7.69. The predicted octanol–water partition coefficient (Wildman–Crippen LogP) is 1.09. The van der Waals surface area contributed by atoms with Gasteiger partial charge in [-0.25, -0.2) is 0 Å². The van der Waals surface area contributed by atoms with E-state index in [4.69, 9.17) is 0 Å². The van der Waals surface area contributed by atoms with Crippen molar-refractivity contribution in [3.8, 4) is 0 Å². The summed E-state index contributed by atoms with van der Waals surface area (Å²) in [5, 5.41) is 11.7. The highest BCUT2D eigenvalue weighted by Gasteiger charge is 2.40. The summed E-state index contributed by atoms with van der Waals surface area (Å²) >= 11 is 0. The molecule has 2 fully saturated rings. The molecule has 0 amide bonds. The molecular formula is C11H18N4. The van der Waals surface area contributed by atoms with E-state index in [-0.39, 0.29) is 0 Å². The van der Waals surface area contributed by atoms with Crippen LogP contribution in [0.4, 0.5) is 0 Å². The lowest BCUT2D eigenvalue weighted by molar-refractivity contribution is 0.413. The van der Waals surface area contributed by atoms with Gasteiger partial charge in [0.2, 0.25) is 0 Å². The minimum Gasteiger partial charge on any atom is -0.308 e. The molecule has 2 aliphatic carbocycles. The van der Waals surface area contributed by atoms with E-state index in [1.54, 1.807) is 4.68 Å². The lowest BCUT2D eigenvalue weighted by Crippen LogP contribution is -2.32. The molecule has 1 aromatic rings. The largest absolute Gasteiger partial charge is 0.308 e. The van der Waals surface area contributed by atoms with Crippen LogP contribution in [0.15, 0.2) is 6.20 Å². The zero-order valence-corrected chi connectivity index (χ0v) is 9.19. The molecule has 15 heavy (non-hydrogen) atoms. The molecule has 0 bridgehead atoms. The summed E-state index contributed by atoms with van der Waals surface area (Å²) in [5.74, 6) is 1.91. The van der Waals surface area contributed by atoms with Crippen molar-refractivity contribution in [1.29, 1.82) is 0 Å². The Bertz CT molecular complexity index is 326. The first-order valence-electron chi connectivity index (χ1n) is 5.91. The Morgan fingerprint density at radius 3 is 2.53 bits per heavy atom. The van der Waals surface area contributed by atoms with Crippen molar-refractivity contribution in [3.05, 3.63) is 11.9 Å². The lowest BCUT2D eigenvalue weighted by atomic mass is 10.1. The van der Waals surface area contributed by atoms with Crippen LogP contribution >= 0.6 is 0 Å². The number of rotatable bonds is 5. The Morgan fingerprint density at radius 1 is 1.40 bits per heavy atom. The molecule has 2 saturated carbocycles. The van der Waals surface area contributed by atoms with Crippen molar-refractivity contribution in [3.63, 3.8) is 0 Å². The van der Waals surface area contributed by atoms with E-state index >= 15 is 0 Å². The number of hydrogen-bond donors (Lipinski definition) is 1. The zero-order valence-electron chi connectivity index (χ0n) is 9.19. The van der Waals surface area contributed by atoms with E-state index in [0.29, 0.717) is 0 Å². The first kappa shape index (κ1) is 9.33. The molecule has 2 aliphatic rings. The molecule has 0 spiro atoms. The summed E-state index contributed by atoms with van der Waals surface area (Å²) < 4.78 is 1.76. The Morgan fingerprint density at radius 2 is 2.07 bits per heavy atom. The lowest BCUT2D eigenvalue weighted by Gasteiger charge is -2.16. The molecule has 0 atom stereocenters. The molecular weight excluding hydrogens is 188 g/mol. The van der Waals surface area contributed by atoms with Crippen LogP contribution in [0.25, 0.3) is 0 Å². The molecule has 0 unspecified atom stereocenters. The molecule has 1 N–H and O–H groups in total. The Labute approximate surface area is 90.0 Å². The number of nitrogens with zero attached hydrogens (tertiary/aromatic N) is 3. The van der Waals surface area contributed by atoms with E-state index in [1.165, 1.54) is 25.7 Å². The average Bonchev–Trinajstić information content (AvgIpc) is 3.09. The van der Waals surface area contributed by atoms with Gasteiger partial charge in [0.05, 0.1) is 5.69 Å². The highest BCUT2D eigenvalue weighted by molar-refractivity contribution is 4.99. The molecule has 4 nitrogen and oxygen atoms in total. The molecule has 0 saturated heterocycles. The second-order valence-electron chi connectivity index (χ2n) is 4.97. The van der Waals surface area contributed by atoms with Gasteiger partial charge in [0.15, 0.2) is 0 Å². The van der Waals surface area contributed by atoms with Crippen LogP contribution in [0.1, 0.15) is 31.4 Å². The standard InChI is InChI=1S/C11H18N4/c1-15-7-10(13-14-15)6-12-11(8-2-3-8)9-4-5-9/h7-9,11-12H,2-6H2,1H3. The van der Waals surface area contributed by atoms with E-state index in [1.807, 2.05) is 13.2 Å². The van der Waals surface area contributed by atoms with Gasteiger partial charge in [-0.3, -0.25) is 4.68 Å². The third kappa shape index (κ3) is 2.20. The maximum absolute atomic E-state index is 4.10. The van der Waals surface area contributed by atoms with Crippen LogP contribution in [0.5, 0.6) is 0 Å². The van der Waals surface area contributed by atoms with Crippen molar-refractivity contribution >= 4 is 0 Å².